The molecule has 2 heterocycles. The van der Waals surface area contributed by atoms with Crippen molar-refractivity contribution in [3.8, 4) is 5.75 Å². The molecule has 2 aromatic rings. The molecule has 8 heteroatoms. The molecule has 0 radical (unpaired) electrons. The van der Waals surface area contributed by atoms with E-state index in [0.29, 0.717) is 18.0 Å². The molecule has 1 aromatic heterocycles. The minimum atomic E-state index is -0.445. The van der Waals surface area contributed by atoms with E-state index < -0.39 is 6.04 Å². The molecule has 0 fully saturated rings. The molecular formula is C18H21N5O3. The van der Waals surface area contributed by atoms with Crippen molar-refractivity contribution in [2.24, 2.45) is 12.1 Å². The summed E-state index contributed by atoms with van der Waals surface area (Å²) in [7, 11) is 5.02. The predicted molar refractivity (Wildman–Crippen MR) is 95.6 cm³/mol. The number of hydrazone groups is 1. The van der Waals surface area contributed by atoms with Crippen molar-refractivity contribution >= 4 is 17.5 Å². The van der Waals surface area contributed by atoms with Gasteiger partial charge in [0.15, 0.2) is 0 Å². The highest BCUT2D eigenvalue weighted by atomic mass is 16.5. The van der Waals surface area contributed by atoms with Crippen LogP contribution in [0.15, 0.2) is 41.8 Å². The van der Waals surface area contributed by atoms with Crippen molar-refractivity contribution in [2.45, 2.75) is 18.9 Å². The summed E-state index contributed by atoms with van der Waals surface area (Å²) in [6, 6.07) is 7.00. The van der Waals surface area contributed by atoms with Crippen LogP contribution in [0.1, 0.15) is 30.3 Å². The Morgan fingerprint density at radius 1 is 1.23 bits per heavy atom. The number of nitrogens with zero attached hydrogens (tertiary/aromatic N) is 4. The standard InChI is InChI=1S/C18H21N5O3/c1-22-11-10-19-17(22)16(12-4-6-13(26-3)7-5-12)20-18(25)14-8-9-15(24)23(2)21-14/h4-7,10-11,16H,8-9H2,1-3H3,(H,20,25). The quantitative estimate of drug-likeness (QED) is 0.874. The number of rotatable bonds is 5. The molecule has 136 valence electrons. The Bertz CT molecular complexity index is 841. The van der Waals surface area contributed by atoms with Crippen molar-refractivity contribution in [2.75, 3.05) is 14.2 Å². The van der Waals surface area contributed by atoms with Gasteiger partial charge in [0.25, 0.3) is 5.91 Å². The number of aromatic nitrogens is 2. The number of imidazole rings is 1. The van der Waals surface area contributed by atoms with Crippen LogP contribution >= 0.6 is 0 Å². The third-order valence-electron chi connectivity index (χ3n) is 4.31. The van der Waals surface area contributed by atoms with Gasteiger partial charge in [0, 0.05) is 39.3 Å². The highest BCUT2D eigenvalue weighted by Gasteiger charge is 2.26. The second-order valence-electron chi connectivity index (χ2n) is 6.04. The number of carbonyl (C=O) groups is 2. The molecule has 3 rings (SSSR count). The first kappa shape index (κ1) is 17.7. The van der Waals surface area contributed by atoms with E-state index in [2.05, 4.69) is 15.4 Å². The number of hydrogen-bond donors (Lipinski definition) is 1. The lowest BCUT2D eigenvalue weighted by Gasteiger charge is -2.22. The number of benzene rings is 1. The summed E-state index contributed by atoms with van der Waals surface area (Å²) in [4.78, 5) is 28.7. The monoisotopic (exact) mass is 355 g/mol. The first-order chi connectivity index (χ1) is 12.5. The topological polar surface area (TPSA) is 88.8 Å². The molecule has 0 saturated heterocycles. The Balaban J connectivity index is 1.89. The summed E-state index contributed by atoms with van der Waals surface area (Å²) < 4.78 is 7.05. The lowest BCUT2D eigenvalue weighted by molar-refractivity contribution is -0.130. The Morgan fingerprint density at radius 3 is 2.54 bits per heavy atom. The molecule has 8 nitrogen and oxygen atoms in total. The van der Waals surface area contributed by atoms with Gasteiger partial charge in [0.05, 0.1) is 7.11 Å². The number of methoxy groups -OCH3 is 1. The van der Waals surface area contributed by atoms with Crippen molar-refractivity contribution in [3.63, 3.8) is 0 Å². The second-order valence-corrected chi connectivity index (χ2v) is 6.04. The van der Waals surface area contributed by atoms with Crippen LogP contribution in [0, 0.1) is 0 Å². The summed E-state index contributed by atoms with van der Waals surface area (Å²) in [5, 5.41) is 8.28. The van der Waals surface area contributed by atoms with Crippen LogP contribution in [0.5, 0.6) is 5.75 Å². The summed E-state index contributed by atoms with van der Waals surface area (Å²) in [5.74, 6) is 1.02. The third kappa shape index (κ3) is 3.58. The molecule has 1 unspecified atom stereocenters. The number of ether oxygens (including phenoxy) is 1. The molecular weight excluding hydrogens is 334 g/mol. The van der Waals surface area contributed by atoms with Gasteiger partial charge in [-0.1, -0.05) is 12.1 Å². The Kier molecular flexibility index (Phi) is 5.01. The molecule has 1 atom stereocenters. The molecule has 1 aromatic carbocycles. The number of aryl methyl sites for hydroxylation is 1. The molecule has 1 N–H and O–H groups in total. The van der Waals surface area contributed by atoms with Crippen LogP contribution in [-0.4, -0.2) is 46.2 Å². The van der Waals surface area contributed by atoms with Crippen LogP contribution in [0.4, 0.5) is 0 Å². The highest BCUT2D eigenvalue weighted by Crippen LogP contribution is 2.23. The number of carbonyl (C=O) groups excluding carboxylic acids is 2. The van der Waals surface area contributed by atoms with E-state index in [1.165, 1.54) is 5.01 Å². The van der Waals surface area contributed by atoms with E-state index >= 15 is 0 Å². The largest absolute Gasteiger partial charge is 0.497 e. The minimum absolute atomic E-state index is 0.0997. The van der Waals surface area contributed by atoms with Gasteiger partial charge in [-0.25, -0.2) is 9.99 Å². The number of nitrogens with one attached hydrogen (secondary N) is 1. The predicted octanol–water partition coefficient (Wildman–Crippen LogP) is 1.24. The van der Waals surface area contributed by atoms with E-state index in [0.717, 1.165) is 11.3 Å². The maximum Gasteiger partial charge on any atom is 0.268 e. The summed E-state index contributed by atoms with van der Waals surface area (Å²) in [6.45, 7) is 0. The second kappa shape index (κ2) is 7.38. The van der Waals surface area contributed by atoms with E-state index in [9.17, 15) is 9.59 Å². The molecule has 1 aliphatic heterocycles. The fraction of sp³-hybridized carbons (Fsp3) is 0.333. The first-order valence-corrected chi connectivity index (χ1v) is 8.25. The molecule has 0 spiro atoms. The van der Waals surface area contributed by atoms with E-state index in [-0.39, 0.29) is 18.2 Å². The van der Waals surface area contributed by atoms with E-state index in [4.69, 9.17) is 4.74 Å². The summed E-state index contributed by atoms with van der Waals surface area (Å²) >= 11 is 0. The zero-order valence-corrected chi connectivity index (χ0v) is 15.0. The van der Waals surface area contributed by atoms with Crippen molar-refractivity contribution in [1.29, 1.82) is 0 Å². The molecule has 0 bridgehead atoms. The van der Waals surface area contributed by atoms with Gasteiger partial charge in [-0.3, -0.25) is 9.59 Å². The Labute approximate surface area is 151 Å². The fourth-order valence-electron chi connectivity index (χ4n) is 2.80. The van der Waals surface area contributed by atoms with E-state index in [1.54, 1.807) is 20.4 Å². The van der Waals surface area contributed by atoms with Gasteiger partial charge < -0.3 is 14.6 Å². The van der Waals surface area contributed by atoms with Crippen LogP contribution in [0.2, 0.25) is 0 Å². The third-order valence-corrected chi connectivity index (χ3v) is 4.31. The molecule has 0 aliphatic carbocycles. The van der Waals surface area contributed by atoms with Gasteiger partial charge in [-0.2, -0.15) is 5.10 Å². The maximum atomic E-state index is 12.7. The van der Waals surface area contributed by atoms with Gasteiger partial charge in [-0.15, -0.1) is 0 Å². The van der Waals surface area contributed by atoms with Crippen LogP contribution in [0.25, 0.3) is 0 Å². The summed E-state index contributed by atoms with van der Waals surface area (Å²) in [6.07, 6.45) is 4.11. The van der Waals surface area contributed by atoms with Gasteiger partial charge in [-0.05, 0) is 17.7 Å². The smallest absolute Gasteiger partial charge is 0.268 e. The zero-order valence-electron chi connectivity index (χ0n) is 15.0. The summed E-state index contributed by atoms with van der Waals surface area (Å²) in [5.41, 5.74) is 1.20. The Morgan fingerprint density at radius 2 is 1.96 bits per heavy atom. The lowest BCUT2D eigenvalue weighted by Crippen LogP contribution is -2.40. The lowest BCUT2D eigenvalue weighted by atomic mass is 10.0. The van der Waals surface area contributed by atoms with Gasteiger partial charge >= 0.3 is 0 Å². The normalized spacial score (nSPS) is 15.4. The average Bonchev–Trinajstić information content (AvgIpc) is 3.07. The first-order valence-electron chi connectivity index (χ1n) is 8.25. The van der Waals surface area contributed by atoms with Crippen molar-refractivity contribution in [3.05, 3.63) is 48.0 Å². The van der Waals surface area contributed by atoms with Crippen LogP contribution in [0.3, 0.4) is 0 Å². The van der Waals surface area contributed by atoms with Crippen molar-refractivity contribution < 1.29 is 14.3 Å². The minimum Gasteiger partial charge on any atom is -0.497 e. The average molecular weight is 355 g/mol. The molecule has 1 aliphatic rings. The maximum absolute atomic E-state index is 12.7. The fourth-order valence-corrected chi connectivity index (χ4v) is 2.80. The van der Waals surface area contributed by atoms with Gasteiger partial charge in [0.1, 0.15) is 23.3 Å². The molecule has 2 amide bonds. The zero-order chi connectivity index (χ0) is 18.7. The highest BCUT2D eigenvalue weighted by molar-refractivity contribution is 6.39. The Hall–Kier alpha value is -3.16. The van der Waals surface area contributed by atoms with Crippen LogP contribution in [-0.2, 0) is 16.6 Å². The van der Waals surface area contributed by atoms with Gasteiger partial charge in [0.2, 0.25) is 5.91 Å². The van der Waals surface area contributed by atoms with Crippen molar-refractivity contribution in [1.82, 2.24) is 19.9 Å². The van der Waals surface area contributed by atoms with Crippen LogP contribution < -0.4 is 10.1 Å². The SMILES string of the molecule is COc1ccc(C(NC(=O)C2=NN(C)C(=O)CC2)c2nccn2C)cc1. The molecule has 26 heavy (non-hydrogen) atoms. The number of amides is 2. The number of hydrogen-bond acceptors (Lipinski definition) is 5. The molecule has 0 saturated carbocycles. The van der Waals surface area contributed by atoms with E-state index in [1.807, 2.05) is 42.1 Å².